The molecule has 0 aromatic heterocycles. The number of rotatable bonds is 4. The molecule has 25 heavy (non-hydrogen) atoms. The lowest BCUT2D eigenvalue weighted by Gasteiger charge is -2.17. The van der Waals surface area contributed by atoms with Crippen LogP contribution in [0.15, 0.2) is 53.6 Å². The van der Waals surface area contributed by atoms with Gasteiger partial charge in [0.15, 0.2) is 0 Å². The molecular formula is C20H21N3O2. The van der Waals surface area contributed by atoms with Crippen molar-refractivity contribution in [3.63, 3.8) is 0 Å². The topological polar surface area (TPSA) is 70.6 Å². The number of hydrazone groups is 1. The van der Waals surface area contributed by atoms with Gasteiger partial charge in [-0.05, 0) is 49.1 Å². The maximum atomic E-state index is 12.3. The lowest BCUT2D eigenvalue weighted by Crippen LogP contribution is -2.22. The van der Waals surface area contributed by atoms with Crippen molar-refractivity contribution in [2.75, 3.05) is 5.32 Å². The molecule has 0 radical (unpaired) electrons. The van der Waals surface area contributed by atoms with E-state index in [4.69, 9.17) is 0 Å². The summed E-state index contributed by atoms with van der Waals surface area (Å²) in [5, 5.41) is 7.09. The van der Waals surface area contributed by atoms with Gasteiger partial charge in [0.05, 0.1) is 5.71 Å². The first-order chi connectivity index (χ1) is 12.2. The maximum absolute atomic E-state index is 12.3. The number of anilines is 1. The Morgan fingerprint density at radius 1 is 1.04 bits per heavy atom. The van der Waals surface area contributed by atoms with Crippen LogP contribution in [0.3, 0.4) is 0 Å². The Bertz CT molecular complexity index is 810. The second-order valence-corrected chi connectivity index (χ2v) is 5.99. The highest BCUT2D eigenvalue weighted by Gasteiger charge is 2.15. The van der Waals surface area contributed by atoms with Gasteiger partial charge in [-0.2, -0.15) is 5.10 Å². The Balaban J connectivity index is 1.68. The molecule has 1 aliphatic rings. The zero-order chi connectivity index (χ0) is 17.6. The molecule has 1 aliphatic carbocycles. The molecule has 0 heterocycles. The van der Waals surface area contributed by atoms with Crippen LogP contribution in [0.1, 0.15) is 47.7 Å². The molecule has 2 aromatic carbocycles. The van der Waals surface area contributed by atoms with E-state index in [1.165, 1.54) is 5.56 Å². The average Bonchev–Trinajstić information content (AvgIpc) is 2.66. The largest absolute Gasteiger partial charge is 0.326 e. The van der Waals surface area contributed by atoms with Crippen molar-refractivity contribution in [2.45, 2.75) is 32.6 Å². The quantitative estimate of drug-likeness (QED) is 0.840. The molecule has 0 unspecified atom stereocenters. The smallest absolute Gasteiger partial charge is 0.271 e. The standard InChI is InChI=1S/C20H21N3O2/c1-2-19(24)21-16-12-10-15(11-13-16)20(25)23-22-18-9-5-7-14-6-3-4-8-17(14)18/h3-4,6,8,10-13H,2,5,7,9H2,1H3,(H,21,24)(H,23,25). The minimum Gasteiger partial charge on any atom is -0.326 e. The van der Waals surface area contributed by atoms with Crippen LogP contribution < -0.4 is 10.7 Å². The fourth-order valence-corrected chi connectivity index (χ4v) is 2.85. The molecule has 128 valence electrons. The van der Waals surface area contributed by atoms with E-state index < -0.39 is 0 Å². The number of nitrogens with zero attached hydrogens (tertiary/aromatic N) is 1. The van der Waals surface area contributed by atoms with Crippen molar-refractivity contribution < 1.29 is 9.59 Å². The van der Waals surface area contributed by atoms with Gasteiger partial charge in [0.2, 0.25) is 5.91 Å². The van der Waals surface area contributed by atoms with Crippen LogP contribution in [0.25, 0.3) is 0 Å². The van der Waals surface area contributed by atoms with Crippen molar-refractivity contribution in [3.05, 3.63) is 65.2 Å². The first-order valence-electron chi connectivity index (χ1n) is 8.52. The summed E-state index contributed by atoms with van der Waals surface area (Å²) in [7, 11) is 0. The van der Waals surface area contributed by atoms with Crippen LogP contribution in [0.5, 0.6) is 0 Å². The van der Waals surface area contributed by atoms with Gasteiger partial charge in [-0.25, -0.2) is 5.43 Å². The summed E-state index contributed by atoms with van der Waals surface area (Å²) >= 11 is 0. The normalized spacial score (nSPS) is 14.7. The third-order valence-corrected chi connectivity index (χ3v) is 4.23. The van der Waals surface area contributed by atoms with Crippen LogP contribution in [-0.4, -0.2) is 17.5 Å². The summed E-state index contributed by atoms with van der Waals surface area (Å²) in [4.78, 5) is 23.7. The van der Waals surface area contributed by atoms with Gasteiger partial charge in [-0.1, -0.05) is 31.2 Å². The monoisotopic (exact) mass is 335 g/mol. The van der Waals surface area contributed by atoms with Crippen LogP contribution in [0, 0.1) is 0 Å². The molecule has 2 amide bonds. The Kier molecular flexibility index (Phi) is 5.23. The Morgan fingerprint density at radius 3 is 2.56 bits per heavy atom. The van der Waals surface area contributed by atoms with Gasteiger partial charge in [-0.3, -0.25) is 9.59 Å². The van der Waals surface area contributed by atoms with Gasteiger partial charge in [-0.15, -0.1) is 0 Å². The number of fused-ring (bicyclic) bond motifs is 1. The van der Waals surface area contributed by atoms with Gasteiger partial charge in [0, 0.05) is 23.2 Å². The molecule has 0 atom stereocenters. The van der Waals surface area contributed by atoms with Crippen molar-refractivity contribution >= 4 is 23.2 Å². The highest BCUT2D eigenvalue weighted by molar-refractivity contribution is 6.04. The molecule has 0 fully saturated rings. The molecule has 0 bridgehead atoms. The molecule has 0 aliphatic heterocycles. The third-order valence-electron chi connectivity index (χ3n) is 4.23. The zero-order valence-electron chi connectivity index (χ0n) is 14.2. The molecule has 2 aromatic rings. The molecule has 3 rings (SSSR count). The molecule has 0 saturated carbocycles. The first-order valence-corrected chi connectivity index (χ1v) is 8.52. The highest BCUT2D eigenvalue weighted by atomic mass is 16.2. The summed E-state index contributed by atoms with van der Waals surface area (Å²) in [6.45, 7) is 1.79. The van der Waals surface area contributed by atoms with Crippen molar-refractivity contribution in [1.29, 1.82) is 0 Å². The second-order valence-electron chi connectivity index (χ2n) is 5.99. The third kappa shape index (κ3) is 4.12. The minimum absolute atomic E-state index is 0.0560. The molecule has 0 spiro atoms. The molecule has 5 heteroatoms. The number of aryl methyl sites for hydroxylation is 1. The second kappa shape index (κ2) is 7.75. The number of amides is 2. The lowest BCUT2D eigenvalue weighted by molar-refractivity contribution is -0.115. The van der Waals surface area contributed by atoms with Gasteiger partial charge < -0.3 is 5.32 Å². The van der Waals surface area contributed by atoms with Crippen molar-refractivity contribution in [1.82, 2.24) is 5.43 Å². The van der Waals surface area contributed by atoms with Crippen LogP contribution in [0.2, 0.25) is 0 Å². The van der Waals surface area contributed by atoms with E-state index in [2.05, 4.69) is 21.9 Å². The van der Waals surface area contributed by atoms with Gasteiger partial charge >= 0.3 is 0 Å². The fraction of sp³-hybridized carbons (Fsp3) is 0.250. The summed E-state index contributed by atoms with van der Waals surface area (Å²) in [6, 6.07) is 15.0. The van der Waals surface area contributed by atoms with E-state index in [1.807, 2.05) is 18.2 Å². The summed E-state index contributed by atoms with van der Waals surface area (Å²) in [6.07, 6.45) is 3.37. The minimum atomic E-state index is -0.260. The molecular weight excluding hydrogens is 314 g/mol. The Labute approximate surface area is 147 Å². The first kappa shape index (κ1) is 16.9. The maximum Gasteiger partial charge on any atom is 0.271 e. The van der Waals surface area contributed by atoms with E-state index in [-0.39, 0.29) is 11.8 Å². The van der Waals surface area contributed by atoms with E-state index in [1.54, 1.807) is 31.2 Å². The van der Waals surface area contributed by atoms with E-state index in [0.717, 1.165) is 30.5 Å². The van der Waals surface area contributed by atoms with Crippen LogP contribution >= 0.6 is 0 Å². The number of hydrogen-bond donors (Lipinski definition) is 2. The summed E-state index contributed by atoms with van der Waals surface area (Å²) < 4.78 is 0. The lowest BCUT2D eigenvalue weighted by atomic mass is 9.90. The predicted octanol–water partition coefficient (Wildman–Crippen LogP) is 3.51. The number of carbonyl (C=O) groups excluding carboxylic acids is 2. The molecule has 5 nitrogen and oxygen atoms in total. The van der Waals surface area contributed by atoms with Crippen molar-refractivity contribution in [2.24, 2.45) is 5.10 Å². The predicted molar refractivity (Wildman–Crippen MR) is 98.7 cm³/mol. The summed E-state index contributed by atoms with van der Waals surface area (Å²) in [5.74, 6) is -0.316. The number of carbonyl (C=O) groups is 2. The van der Waals surface area contributed by atoms with Crippen LogP contribution in [-0.2, 0) is 11.2 Å². The average molecular weight is 335 g/mol. The molecule has 2 N–H and O–H groups in total. The number of nitrogens with one attached hydrogen (secondary N) is 2. The van der Waals surface area contributed by atoms with E-state index in [0.29, 0.717) is 17.7 Å². The summed E-state index contributed by atoms with van der Waals surface area (Å²) in [5.41, 5.74) is 7.13. The Morgan fingerprint density at radius 2 is 1.80 bits per heavy atom. The Hall–Kier alpha value is -2.95. The van der Waals surface area contributed by atoms with Gasteiger partial charge in [0.25, 0.3) is 5.91 Å². The SMILES string of the molecule is CCC(=O)Nc1ccc(C(=O)NN=C2CCCc3ccccc32)cc1. The van der Waals surface area contributed by atoms with Crippen molar-refractivity contribution in [3.8, 4) is 0 Å². The number of hydrogen-bond acceptors (Lipinski definition) is 3. The fourth-order valence-electron chi connectivity index (χ4n) is 2.85. The zero-order valence-corrected chi connectivity index (χ0v) is 14.2. The highest BCUT2D eigenvalue weighted by Crippen LogP contribution is 2.21. The van der Waals surface area contributed by atoms with E-state index >= 15 is 0 Å². The van der Waals surface area contributed by atoms with Gasteiger partial charge in [0.1, 0.15) is 0 Å². The molecule has 0 saturated heterocycles. The van der Waals surface area contributed by atoms with E-state index in [9.17, 15) is 9.59 Å². The number of benzene rings is 2. The van der Waals surface area contributed by atoms with Crippen LogP contribution in [0.4, 0.5) is 5.69 Å².